The van der Waals surface area contributed by atoms with E-state index in [4.69, 9.17) is 11.5 Å². The van der Waals surface area contributed by atoms with Gasteiger partial charge in [-0.05, 0) is 65.4 Å². The highest BCUT2D eigenvalue weighted by Crippen LogP contribution is 2.30. The number of aromatic hydroxyl groups is 1. The summed E-state index contributed by atoms with van der Waals surface area (Å²) in [6, 6.07) is 18.5. The first kappa shape index (κ1) is 17.6. The molecule has 6 nitrogen and oxygen atoms in total. The second kappa shape index (κ2) is 7.08. The molecule has 1 heterocycles. The molecule has 6 heteroatoms. The molecule has 139 valence electrons. The largest absolute Gasteiger partial charge is 0.508 e. The Morgan fingerprint density at radius 1 is 1.07 bits per heavy atom. The maximum absolute atomic E-state index is 11.6. The maximum Gasteiger partial charge on any atom is 0.248 e. The van der Waals surface area contributed by atoms with Crippen LogP contribution in [0.1, 0.15) is 21.5 Å². The minimum absolute atomic E-state index is 0.173. The van der Waals surface area contributed by atoms with Crippen molar-refractivity contribution in [3.05, 3.63) is 83.8 Å². The fourth-order valence-corrected chi connectivity index (χ4v) is 3.28. The average Bonchev–Trinajstić information content (AvgIpc) is 3.08. The van der Waals surface area contributed by atoms with E-state index in [1.54, 1.807) is 18.2 Å². The summed E-state index contributed by atoms with van der Waals surface area (Å²) < 4.78 is 0. The SMILES string of the molecule is NC(=O)c1ccccc1C[CH]c1cc(-c2ccc3c(N)n[nH]c3c2)ccc1O. The lowest BCUT2D eigenvalue weighted by Gasteiger charge is -2.10. The van der Waals surface area contributed by atoms with E-state index in [1.165, 1.54) is 0 Å². The van der Waals surface area contributed by atoms with E-state index >= 15 is 0 Å². The number of benzene rings is 3. The molecule has 1 aromatic heterocycles. The van der Waals surface area contributed by atoms with Crippen LogP contribution in [0.15, 0.2) is 60.7 Å². The molecule has 4 rings (SSSR count). The van der Waals surface area contributed by atoms with Gasteiger partial charge in [-0.15, -0.1) is 0 Å². The number of aromatic nitrogens is 2. The van der Waals surface area contributed by atoms with Gasteiger partial charge in [0.05, 0.1) is 5.52 Å². The molecule has 3 aromatic carbocycles. The minimum Gasteiger partial charge on any atom is -0.508 e. The summed E-state index contributed by atoms with van der Waals surface area (Å²) in [5, 5.41) is 18.1. The van der Waals surface area contributed by atoms with Gasteiger partial charge in [0, 0.05) is 10.9 Å². The number of nitrogens with zero attached hydrogens (tertiary/aromatic N) is 1. The molecule has 0 atom stereocenters. The van der Waals surface area contributed by atoms with Crippen LogP contribution in [-0.2, 0) is 6.42 Å². The Labute approximate surface area is 161 Å². The summed E-state index contributed by atoms with van der Waals surface area (Å²) in [7, 11) is 0. The normalized spacial score (nSPS) is 11.0. The molecule has 0 unspecified atom stereocenters. The van der Waals surface area contributed by atoms with Crippen LogP contribution in [0, 0.1) is 6.42 Å². The molecule has 0 fully saturated rings. The van der Waals surface area contributed by atoms with Gasteiger partial charge in [-0.3, -0.25) is 9.89 Å². The molecule has 0 aliphatic rings. The van der Waals surface area contributed by atoms with Crippen LogP contribution in [0.2, 0.25) is 0 Å². The van der Waals surface area contributed by atoms with E-state index < -0.39 is 5.91 Å². The number of primary amides is 1. The minimum atomic E-state index is -0.464. The number of phenols is 1. The summed E-state index contributed by atoms with van der Waals surface area (Å²) in [4.78, 5) is 11.6. The Balaban J connectivity index is 1.63. The van der Waals surface area contributed by atoms with Gasteiger partial charge in [0.15, 0.2) is 5.82 Å². The molecule has 1 amide bonds. The number of anilines is 1. The molecular weight excluding hydrogens is 352 g/mol. The number of nitrogens with one attached hydrogen (secondary N) is 1. The first-order valence-corrected chi connectivity index (χ1v) is 8.81. The highest BCUT2D eigenvalue weighted by Gasteiger charge is 2.11. The van der Waals surface area contributed by atoms with Crippen LogP contribution in [0.4, 0.5) is 5.82 Å². The van der Waals surface area contributed by atoms with E-state index in [0.717, 1.165) is 27.6 Å². The first-order chi connectivity index (χ1) is 13.5. The van der Waals surface area contributed by atoms with Gasteiger partial charge < -0.3 is 16.6 Å². The fraction of sp³-hybridized carbons (Fsp3) is 0.0455. The number of fused-ring (bicyclic) bond motifs is 1. The number of hydrogen-bond acceptors (Lipinski definition) is 4. The number of amides is 1. The van der Waals surface area contributed by atoms with Crippen molar-refractivity contribution < 1.29 is 9.90 Å². The van der Waals surface area contributed by atoms with Crippen molar-refractivity contribution in [1.82, 2.24) is 10.2 Å². The van der Waals surface area contributed by atoms with Gasteiger partial charge in [0.1, 0.15) is 5.75 Å². The van der Waals surface area contributed by atoms with Crippen LogP contribution in [-0.4, -0.2) is 21.2 Å². The second-order valence-corrected chi connectivity index (χ2v) is 6.57. The summed E-state index contributed by atoms with van der Waals surface area (Å²) >= 11 is 0. The molecule has 0 aliphatic carbocycles. The van der Waals surface area contributed by atoms with E-state index in [9.17, 15) is 9.90 Å². The van der Waals surface area contributed by atoms with E-state index in [2.05, 4.69) is 10.2 Å². The predicted molar refractivity (Wildman–Crippen MR) is 110 cm³/mol. The summed E-state index contributed by atoms with van der Waals surface area (Å²) in [5.74, 6) is 0.177. The van der Waals surface area contributed by atoms with Crippen molar-refractivity contribution in [1.29, 1.82) is 0 Å². The van der Waals surface area contributed by atoms with Gasteiger partial charge in [0.25, 0.3) is 0 Å². The molecule has 0 aliphatic heterocycles. The molecule has 1 radical (unpaired) electrons. The Hall–Kier alpha value is -3.80. The quantitative estimate of drug-likeness (QED) is 0.430. The van der Waals surface area contributed by atoms with E-state index in [1.807, 2.05) is 48.9 Å². The van der Waals surface area contributed by atoms with Crippen LogP contribution in [0.25, 0.3) is 22.0 Å². The standard InChI is InChI=1S/C22H19N4O2/c23-21-18-9-7-15(12-19(18)25-26-21)14-8-10-20(27)16(11-14)6-5-13-3-1-2-4-17(13)22(24)28/h1-4,6-12,27H,5H2,(H2,24,28)(H3,23,25,26). The molecule has 28 heavy (non-hydrogen) atoms. The molecule has 0 bridgehead atoms. The molecule has 4 aromatic rings. The lowest BCUT2D eigenvalue weighted by molar-refractivity contribution is 0.0999. The summed E-state index contributed by atoms with van der Waals surface area (Å²) in [6.45, 7) is 0. The third-order valence-corrected chi connectivity index (χ3v) is 4.78. The Bertz CT molecular complexity index is 1180. The number of hydrogen-bond donors (Lipinski definition) is 4. The monoisotopic (exact) mass is 371 g/mol. The number of carbonyl (C=O) groups excluding carboxylic acids is 1. The van der Waals surface area contributed by atoms with E-state index in [0.29, 0.717) is 23.4 Å². The first-order valence-electron chi connectivity index (χ1n) is 8.81. The lowest BCUT2D eigenvalue weighted by Crippen LogP contribution is -2.13. The Kier molecular flexibility index (Phi) is 4.45. The zero-order valence-corrected chi connectivity index (χ0v) is 15.0. The van der Waals surface area contributed by atoms with Gasteiger partial charge in [-0.1, -0.05) is 30.3 Å². The van der Waals surface area contributed by atoms with Crippen molar-refractivity contribution in [2.45, 2.75) is 6.42 Å². The van der Waals surface area contributed by atoms with Gasteiger partial charge >= 0.3 is 0 Å². The molecule has 0 saturated heterocycles. The zero-order chi connectivity index (χ0) is 19.7. The third-order valence-electron chi connectivity index (χ3n) is 4.78. The van der Waals surface area contributed by atoms with Crippen LogP contribution < -0.4 is 11.5 Å². The second-order valence-electron chi connectivity index (χ2n) is 6.57. The Morgan fingerprint density at radius 3 is 2.64 bits per heavy atom. The lowest BCUT2D eigenvalue weighted by atomic mass is 9.96. The maximum atomic E-state index is 11.6. The summed E-state index contributed by atoms with van der Waals surface area (Å²) in [5.41, 5.74) is 16.0. The van der Waals surface area contributed by atoms with Crippen molar-refractivity contribution in [3.63, 3.8) is 0 Å². The molecule has 0 spiro atoms. The number of rotatable bonds is 5. The van der Waals surface area contributed by atoms with Gasteiger partial charge in [0.2, 0.25) is 5.91 Å². The fourth-order valence-electron chi connectivity index (χ4n) is 3.28. The zero-order valence-electron chi connectivity index (χ0n) is 15.0. The number of H-pyrrole nitrogens is 1. The average molecular weight is 371 g/mol. The van der Waals surface area contributed by atoms with Gasteiger partial charge in [-0.25, -0.2) is 0 Å². The molecular formula is C22H19N4O2. The predicted octanol–water partition coefficient (Wildman–Crippen LogP) is 3.41. The highest BCUT2D eigenvalue weighted by molar-refractivity contribution is 5.94. The number of phenolic OH excluding ortho intramolecular Hbond substituents is 1. The molecule has 0 saturated carbocycles. The van der Waals surface area contributed by atoms with E-state index in [-0.39, 0.29) is 5.75 Å². The number of carbonyl (C=O) groups is 1. The number of nitrogens with two attached hydrogens (primary N) is 2. The number of nitrogen functional groups attached to an aromatic ring is 1. The third kappa shape index (κ3) is 3.27. The smallest absolute Gasteiger partial charge is 0.248 e. The van der Waals surface area contributed by atoms with Crippen molar-refractivity contribution in [3.8, 4) is 16.9 Å². The van der Waals surface area contributed by atoms with Crippen LogP contribution in [0.3, 0.4) is 0 Å². The van der Waals surface area contributed by atoms with Crippen LogP contribution >= 0.6 is 0 Å². The van der Waals surface area contributed by atoms with Crippen molar-refractivity contribution in [2.75, 3.05) is 5.73 Å². The Morgan fingerprint density at radius 2 is 1.82 bits per heavy atom. The number of aromatic amines is 1. The topological polar surface area (TPSA) is 118 Å². The van der Waals surface area contributed by atoms with Crippen molar-refractivity contribution in [2.24, 2.45) is 5.73 Å². The molecule has 6 N–H and O–H groups in total. The summed E-state index contributed by atoms with van der Waals surface area (Å²) in [6.07, 6.45) is 2.36. The van der Waals surface area contributed by atoms with Crippen molar-refractivity contribution >= 4 is 22.6 Å². The highest BCUT2D eigenvalue weighted by atomic mass is 16.3. The van der Waals surface area contributed by atoms with Crippen LogP contribution in [0.5, 0.6) is 5.75 Å². The van der Waals surface area contributed by atoms with Gasteiger partial charge in [-0.2, -0.15) is 5.10 Å².